The molecule has 0 bridgehead atoms. The Morgan fingerprint density at radius 2 is 1.00 bits per heavy atom. The number of anilines is 1. The largest absolute Gasteiger partial charge is 0.381 e. The smallest absolute Gasteiger partial charge is 0.0413 e. The monoisotopic (exact) mass is 391 g/mol. The first-order valence-corrected chi connectivity index (χ1v) is 10.7. The Morgan fingerprint density at radius 3 is 1.59 bits per heavy atom. The molecule has 0 atom stereocenters. The predicted molar refractivity (Wildman–Crippen MR) is 126 cm³/mol. The van der Waals surface area contributed by atoms with Gasteiger partial charge in [0.2, 0.25) is 0 Å². The lowest BCUT2D eigenvalue weighted by Crippen LogP contribution is -2.01. The van der Waals surface area contributed by atoms with E-state index in [4.69, 9.17) is 0 Å². The number of hydrogen-bond acceptors (Lipinski definition) is 2. The van der Waals surface area contributed by atoms with Crippen LogP contribution in [0.4, 0.5) is 5.69 Å². The molecular formula is C27H21NS. The topological polar surface area (TPSA) is 12.0 Å². The fourth-order valence-corrected chi connectivity index (χ4v) is 4.94. The van der Waals surface area contributed by atoms with Gasteiger partial charge in [-0.25, -0.2) is 0 Å². The van der Waals surface area contributed by atoms with E-state index in [1.54, 1.807) is 0 Å². The molecule has 0 saturated heterocycles. The number of hydrogen-bond donors (Lipinski definition) is 1. The molecule has 1 nitrogen and oxygen atoms in total. The summed E-state index contributed by atoms with van der Waals surface area (Å²) in [7, 11) is 0. The number of rotatable bonds is 5. The van der Waals surface area contributed by atoms with Crippen molar-refractivity contribution >= 4 is 39.0 Å². The molecular weight excluding hydrogens is 370 g/mol. The average Bonchev–Trinajstić information content (AvgIpc) is 2.80. The predicted octanol–water partition coefficient (Wildman–Crippen LogP) is 7.76. The molecule has 0 unspecified atom stereocenters. The van der Waals surface area contributed by atoms with Gasteiger partial charge in [0.05, 0.1) is 0 Å². The number of para-hydroxylation sites is 1. The third-order valence-electron chi connectivity index (χ3n) is 5.20. The van der Waals surface area contributed by atoms with E-state index < -0.39 is 0 Å². The number of fused-ring (bicyclic) bond motifs is 2. The highest BCUT2D eigenvalue weighted by Crippen LogP contribution is 2.41. The summed E-state index contributed by atoms with van der Waals surface area (Å²) >= 11 is 1.85. The first-order valence-electron chi connectivity index (χ1n) is 9.84. The molecule has 2 heteroatoms. The number of benzene rings is 5. The van der Waals surface area contributed by atoms with Crippen LogP contribution < -0.4 is 5.32 Å². The van der Waals surface area contributed by atoms with Crippen molar-refractivity contribution in [2.75, 3.05) is 5.32 Å². The normalized spacial score (nSPS) is 11.0. The molecule has 5 aromatic carbocycles. The summed E-state index contributed by atoms with van der Waals surface area (Å²) in [4.78, 5) is 2.59. The van der Waals surface area contributed by atoms with Crippen LogP contribution in [0.2, 0.25) is 0 Å². The quantitative estimate of drug-likeness (QED) is 0.307. The van der Waals surface area contributed by atoms with Crippen molar-refractivity contribution in [1.29, 1.82) is 0 Å². The lowest BCUT2D eigenvalue weighted by atomic mass is 9.96. The van der Waals surface area contributed by atoms with Gasteiger partial charge < -0.3 is 5.32 Å². The van der Waals surface area contributed by atoms with Crippen molar-refractivity contribution < 1.29 is 0 Å². The lowest BCUT2D eigenvalue weighted by molar-refractivity contribution is 1.18. The minimum absolute atomic E-state index is 0.793. The Morgan fingerprint density at radius 1 is 0.517 bits per heavy atom. The summed E-state index contributed by atoms with van der Waals surface area (Å²) in [5, 5.41) is 8.85. The van der Waals surface area contributed by atoms with Crippen LogP contribution in [0, 0.1) is 0 Å². The van der Waals surface area contributed by atoms with Crippen molar-refractivity contribution in [3.8, 4) is 0 Å². The Labute approximate surface area is 175 Å². The maximum atomic E-state index is 3.61. The standard InChI is InChI=1S/C27H21NS/c1-3-11-20(12-4-1)28-19-26-22-15-7-9-17-24(22)27(25-18-10-8-16-23(25)26)29-21-13-5-2-6-14-21/h1-18,28H,19H2. The Kier molecular flexibility index (Phi) is 4.93. The van der Waals surface area contributed by atoms with Gasteiger partial charge in [-0.3, -0.25) is 0 Å². The average molecular weight is 392 g/mol. The van der Waals surface area contributed by atoms with Gasteiger partial charge in [-0.15, -0.1) is 0 Å². The molecule has 5 aromatic rings. The maximum absolute atomic E-state index is 3.61. The molecule has 0 aromatic heterocycles. The number of nitrogens with one attached hydrogen (secondary N) is 1. The summed E-state index contributed by atoms with van der Waals surface area (Å²) in [5.74, 6) is 0. The molecule has 5 rings (SSSR count). The van der Waals surface area contributed by atoms with Gasteiger partial charge in [-0.1, -0.05) is 96.7 Å². The zero-order valence-corrected chi connectivity index (χ0v) is 16.8. The van der Waals surface area contributed by atoms with Crippen molar-refractivity contribution in [3.63, 3.8) is 0 Å². The zero-order valence-electron chi connectivity index (χ0n) is 16.0. The fourth-order valence-electron chi connectivity index (χ4n) is 3.83. The SMILES string of the molecule is c1ccc(NCc2c3ccccc3c(Sc3ccccc3)c3ccccc23)cc1. The molecule has 1 N–H and O–H groups in total. The van der Waals surface area contributed by atoms with Gasteiger partial charge in [0, 0.05) is 22.0 Å². The summed E-state index contributed by atoms with van der Waals surface area (Å²) < 4.78 is 0. The van der Waals surface area contributed by atoms with Crippen molar-refractivity contribution in [3.05, 3.63) is 115 Å². The first kappa shape index (κ1) is 17.8. The van der Waals surface area contributed by atoms with E-state index in [0.29, 0.717) is 0 Å². The van der Waals surface area contributed by atoms with Crippen LogP contribution in [0.25, 0.3) is 21.5 Å². The molecule has 0 saturated carbocycles. The van der Waals surface area contributed by atoms with Crippen LogP contribution >= 0.6 is 11.8 Å². The highest BCUT2D eigenvalue weighted by Gasteiger charge is 2.14. The van der Waals surface area contributed by atoms with Gasteiger partial charge in [0.25, 0.3) is 0 Å². The molecule has 0 aliphatic rings. The van der Waals surface area contributed by atoms with Crippen LogP contribution in [-0.4, -0.2) is 0 Å². The minimum Gasteiger partial charge on any atom is -0.381 e. The molecule has 0 aliphatic carbocycles. The van der Waals surface area contributed by atoms with Gasteiger partial charge in [0.15, 0.2) is 0 Å². The first-order chi connectivity index (χ1) is 14.4. The van der Waals surface area contributed by atoms with E-state index in [1.165, 1.54) is 36.9 Å². The molecule has 29 heavy (non-hydrogen) atoms. The molecule has 0 aliphatic heterocycles. The van der Waals surface area contributed by atoms with Gasteiger partial charge in [0.1, 0.15) is 0 Å². The summed E-state index contributed by atoms with van der Waals surface area (Å²) in [5.41, 5.74) is 2.49. The Balaban J connectivity index is 1.68. The van der Waals surface area contributed by atoms with Crippen LogP contribution in [0.3, 0.4) is 0 Å². The molecule has 0 amide bonds. The third-order valence-corrected chi connectivity index (χ3v) is 6.35. The fraction of sp³-hybridized carbons (Fsp3) is 0.0370. The van der Waals surface area contributed by atoms with E-state index in [1.807, 2.05) is 17.8 Å². The Hall–Kier alpha value is -3.23. The van der Waals surface area contributed by atoms with Crippen molar-refractivity contribution in [2.24, 2.45) is 0 Å². The van der Waals surface area contributed by atoms with E-state index in [2.05, 4.69) is 108 Å². The molecule has 0 fully saturated rings. The van der Waals surface area contributed by atoms with Crippen LogP contribution in [0.1, 0.15) is 5.56 Å². The van der Waals surface area contributed by atoms with Crippen molar-refractivity contribution in [1.82, 2.24) is 0 Å². The van der Waals surface area contributed by atoms with E-state index >= 15 is 0 Å². The van der Waals surface area contributed by atoms with Gasteiger partial charge in [-0.2, -0.15) is 0 Å². The molecule has 0 heterocycles. The highest BCUT2D eigenvalue weighted by atomic mass is 32.2. The van der Waals surface area contributed by atoms with E-state index in [9.17, 15) is 0 Å². The minimum atomic E-state index is 0.793. The van der Waals surface area contributed by atoms with Crippen LogP contribution in [-0.2, 0) is 6.54 Å². The second-order valence-electron chi connectivity index (χ2n) is 7.03. The molecule has 0 radical (unpaired) electrons. The molecule has 140 valence electrons. The summed E-state index contributed by atoms with van der Waals surface area (Å²) in [6.45, 7) is 0.793. The summed E-state index contributed by atoms with van der Waals surface area (Å²) in [6, 6.07) is 38.6. The van der Waals surface area contributed by atoms with Crippen LogP contribution in [0.5, 0.6) is 0 Å². The zero-order chi connectivity index (χ0) is 19.5. The lowest BCUT2D eigenvalue weighted by Gasteiger charge is -2.17. The van der Waals surface area contributed by atoms with E-state index in [0.717, 1.165) is 12.2 Å². The van der Waals surface area contributed by atoms with Gasteiger partial charge >= 0.3 is 0 Å². The van der Waals surface area contributed by atoms with Gasteiger partial charge in [-0.05, 0) is 51.4 Å². The van der Waals surface area contributed by atoms with Crippen molar-refractivity contribution in [2.45, 2.75) is 16.3 Å². The molecule has 0 spiro atoms. The maximum Gasteiger partial charge on any atom is 0.0413 e. The highest BCUT2D eigenvalue weighted by molar-refractivity contribution is 7.99. The second-order valence-corrected chi connectivity index (χ2v) is 8.12. The van der Waals surface area contributed by atoms with E-state index in [-0.39, 0.29) is 0 Å². The van der Waals surface area contributed by atoms with Crippen LogP contribution in [0.15, 0.2) is 119 Å². The summed E-state index contributed by atoms with van der Waals surface area (Å²) in [6.07, 6.45) is 0. The second kappa shape index (κ2) is 8.02. The third kappa shape index (κ3) is 3.59. The Bertz CT molecular complexity index is 1210.